The second kappa shape index (κ2) is 6.21. The topological polar surface area (TPSA) is 56.4 Å². The molecule has 1 N–H and O–H groups in total. The maximum Gasteiger partial charge on any atom is 0.264 e. The Morgan fingerprint density at radius 1 is 1.14 bits per heavy atom. The van der Waals surface area contributed by atoms with Gasteiger partial charge in [-0.25, -0.2) is 0 Å². The third-order valence-corrected chi connectivity index (χ3v) is 6.37. The van der Waals surface area contributed by atoms with Crippen molar-refractivity contribution in [3.05, 3.63) is 65.4 Å². The van der Waals surface area contributed by atoms with Crippen molar-refractivity contribution in [1.29, 1.82) is 0 Å². The number of nitrogens with zero attached hydrogens (tertiary/aromatic N) is 2. The van der Waals surface area contributed by atoms with Crippen LogP contribution in [0, 0.1) is 0 Å². The lowest BCUT2D eigenvalue weighted by Gasteiger charge is -2.43. The normalized spacial score (nSPS) is 20.6. The van der Waals surface area contributed by atoms with Crippen LogP contribution >= 0.6 is 0 Å². The van der Waals surface area contributed by atoms with E-state index < -0.39 is 5.54 Å². The van der Waals surface area contributed by atoms with Gasteiger partial charge in [-0.05, 0) is 38.0 Å². The quantitative estimate of drug-likeness (QED) is 0.724. The van der Waals surface area contributed by atoms with Crippen molar-refractivity contribution in [2.45, 2.75) is 45.2 Å². The lowest BCUT2D eigenvalue weighted by atomic mass is 9.79. The van der Waals surface area contributed by atoms with Crippen molar-refractivity contribution in [1.82, 2.24) is 9.88 Å². The molecule has 1 aromatic heterocycles. The first-order valence-electron chi connectivity index (χ1n) is 10.4. The summed E-state index contributed by atoms with van der Waals surface area (Å²) in [5.41, 5.74) is 3.68. The molecule has 3 aromatic rings. The van der Waals surface area contributed by atoms with Crippen LogP contribution in [0.3, 0.4) is 0 Å². The van der Waals surface area contributed by atoms with Crippen LogP contribution in [0.15, 0.2) is 48.5 Å². The number of rotatable bonds is 2. The molecule has 0 radical (unpaired) electrons. The molecule has 2 amide bonds. The first-order chi connectivity index (χ1) is 14.0. The maximum atomic E-state index is 14.2. The van der Waals surface area contributed by atoms with E-state index in [1.807, 2.05) is 73.0 Å². The van der Waals surface area contributed by atoms with Gasteiger partial charge in [0.05, 0.1) is 11.4 Å². The molecule has 0 unspecified atom stereocenters. The Labute approximate surface area is 170 Å². The van der Waals surface area contributed by atoms with Crippen molar-refractivity contribution in [3.63, 3.8) is 0 Å². The SMILES string of the molecule is CCC(=O)N1CCc2c([nH]c3ccccc23)[C@@]12C(=O)N(C(C)C)c1ccccc12. The first kappa shape index (κ1) is 18.0. The minimum Gasteiger partial charge on any atom is -0.355 e. The molecule has 148 valence electrons. The number of benzene rings is 2. The first-order valence-corrected chi connectivity index (χ1v) is 10.4. The molecule has 0 fully saturated rings. The van der Waals surface area contributed by atoms with E-state index in [1.54, 1.807) is 0 Å². The highest BCUT2D eigenvalue weighted by atomic mass is 16.2. The number of amides is 2. The Morgan fingerprint density at radius 3 is 2.62 bits per heavy atom. The number of hydrogen-bond acceptors (Lipinski definition) is 2. The third-order valence-electron chi connectivity index (χ3n) is 6.37. The van der Waals surface area contributed by atoms with Gasteiger partial charge < -0.3 is 14.8 Å². The van der Waals surface area contributed by atoms with E-state index in [4.69, 9.17) is 0 Å². The molecule has 2 aliphatic heterocycles. The molecule has 1 atom stereocenters. The van der Waals surface area contributed by atoms with Crippen molar-refractivity contribution < 1.29 is 9.59 Å². The molecule has 5 heteroatoms. The average molecular weight is 387 g/mol. The summed E-state index contributed by atoms with van der Waals surface area (Å²) in [6.45, 7) is 6.44. The molecule has 2 aliphatic rings. The van der Waals surface area contributed by atoms with Gasteiger partial charge in [0.1, 0.15) is 0 Å². The lowest BCUT2D eigenvalue weighted by molar-refractivity contribution is -0.144. The summed E-state index contributed by atoms with van der Waals surface area (Å²) in [6, 6.07) is 16.1. The number of anilines is 1. The number of carbonyl (C=O) groups is 2. The zero-order valence-corrected chi connectivity index (χ0v) is 17.0. The van der Waals surface area contributed by atoms with E-state index in [1.165, 1.54) is 0 Å². The number of fused-ring (bicyclic) bond motifs is 6. The molecule has 0 saturated carbocycles. The van der Waals surface area contributed by atoms with Gasteiger partial charge in [0.25, 0.3) is 5.91 Å². The summed E-state index contributed by atoms with van der Waals surface area (Å²) >= 11 is 0. The predicted octanol–water partition coefficient (Wildman–Crippen LogP) is 3.96. The van der Waals surface area contributed by atoms with Crippen LogP contribution in [-0.4, -0.2) is 34.3 Å². The summed E-state index contributed by atoms with van der Waals surface area (Å²) in [5.74, 6) is -0.0360. The lowest BCUT2D eigenvalue weighted by Crippen LogP contribution is -2.59. The second-order valence-electron chi connectivity index (χ2n) is 8.17. The Hall–Kier alpha value is -3.08. The standard InChI is InChI=1S/C24H25N3O2/c1-4-21(28)26-14-13-17-16-9-5-7-11-19(16)25-22(17)24(26)18-10-6-8-12-20(18)27(15(2)3)23(24)29/h5-12,15,25H,4,13-14H2,1-3H3/t24-/m0/s1. The van der Waals surface area contributed by atoms with Gasteiger partial charge in [0.15, 0.2) is 5.54 Å². The molecule has 1 spiro atoms. The number of hydrogen-bond donors (Lipinski definition) is 1. The van der Waals surface area contributed by atoms with E-state index in [2.05, 4.69) is 11.1 Å². The van der Waals surface area contributed by atoms with Crippen LogP contribution in [0.5, 0.6) is 0 Å². The number of H-pyrrole nitrogens is 1. The molecule has 29 heavy (non-hydrogen) atoms. The number of aromatic nitrogens is 1. The van der Waals surface area contributed by atoms with Gasteiger partial charge in [-0.2, -0.15) is 0 Å². The van der Waals surface area contributed by atoms with Gasteiger partial charge in [0.2, 0.25) is 5.91 Å². The number of nitrogens with one attached hydrogen (secondary N) is 1. The molecule has 0 aliphatic carbocycles. The van der Waals surface area contributed by atoms with Crippen LogP contribution in [0.2, 0.25) is 0 Å². The fraction of sp³-hybridized carbons (Fsp3) is 0.333. The Kier molecular flexibility index (Phi) is 3.85. The predicted molar refractivity (Wildman–Crippen MR) is 114 cm³/mol. The summed E-state index contributed by atoms with van der Waals surface area (Å²) in [6.07, 6.45) is 1.11. The minimum absolute atomic E-state index is 0.00284. The van der Waals surface area contributed by atoms with Gasteiger partial charge in [0, 0.05) is 35.5 Å². The summed E-state index contributed by atoms with van der Waals surface area (Å²) in [5, 5.41) is 1.14. The van der Waals surface area contributed by atoms with E-state index in [9.17, 15) is 9.59 Å². The highest BCUT2D eigenvalue weighted by molar-refractivity contribution is 6.13. The van der Waals surface area contributed by atoms with Gasteiger partial charge in [-0.3, -0.25) is 9.59 Å². The van der Waals surface area contributed by atoms with Crippen LogP contribution < -0.4 is 4.90 Å². The average Bonchev–Trinajstić information content (AvgIpc) is 3.23. The molecule has 5 rings (SSSR count). The van der Waals surface area contributed by atoms with Crippen molar-refractivity contribution in [2.24, 2.45) is 0 Å². The van der Waals surface area contributed by atoms with Gasteiger partial charge in [-0.1, -0.05) is 43.3 Å². The summed E-state index contributed by atoms with van der Waals surface area (Å²) < 4.78 is 0. The highest BCUT2D eigenvalue weighted by Gasteiger charge is 2.60. The Morgan fingerprint density at radius 2 is 1.86 bits per heavy atom. The number of para-hydroxylation sites is 2. The van der Waals surface area contributed by atoms with E-state index in [0.29, 0.717) is 13.0 Å². The van der Waals surface area contributed by atoms with E-state index in [0.717, 1.165) is 39.8 Å². The fourth-order valence-corrected chi connectivity index (χ4v) is 5.20. The van der Waals surface area contributed by atoms with Gasteiger partial charge >= 0.3 is 0 Å². The molecule has 2 aromatic carbocycles. The number of aromatic amines is 1. The molecule has 5 nitrogen and oxygen atoms in total. The van der Waals surface area contributed by atoms with Crippen molar-refractivity contribution in [2.75, 3.05) is 11.4 Å². The summed E-state index contributed by atoms with van der Waals surface area (Å²) in [4.78, 5) is 34.5. The fourth-order valence-electron chi connectivity index (χ4n) is 5.20. The minimum atomic E-state index is -1.12. The molecule has 0 bridgehead atoms. The smallest absolute Gasteiger partial charge is 0.264 e. The maximum absolute atomic E-state index is 14.2. The van der Waals surface area contributed by atoms with Crippen molar-refractivity contribution in [3.8, 4) is 0 Å². The van der Waals surface area contributed by atoms with Crippen LogP contribution in [0.25, 0.3) is 10.9 Å². The second-order valence-corrected chi connectivity index (χ2v) is 8.17. The van der Waals surface area contributed by atoms with Gasteiger partial charge in [-0.15, -0.1) is 0 Å². The molecular weight excluding hydrogens is 362 g/mol. The Bertz CT molecular complexity index is 1150. The molecular formula is C24H25N3O2. The third kappa shape index (κ3) is 2.16. The Balaban J connectivity index is 1.89. The van der Waals surface area contributed by atoms with E-state index >= 15 is 0 Å². The van der Waals surface area contributed by atoms with E-state index in [-0.39, 0.29) is 17.9 Å². The van der Waals surface area contributed by atoms with Crippen LogP contribution in [0.4, 0.5) is 5.69 Å². The van der Waals surface area contributed by atoms with Crippen molar-refractivity contribution >= 4 is 28.4 Å². The monoisotopic (exact) mass is 387 g/mol. The number of carbonyl (C=O) groups excluding carboxylic acids is 2. The molecule has 0 saturated heterocycles. The highest BCUT2D eigenvalue weighted by Crippen LogP contribution is 2.52. The van der Waals surface area contributed by atoms with Crippen LogP contribution in [-0.2, 0) is 21.5 Å². The zero-order valence-electron chi connectivity index (χ0n) is 17.0. The van der Waals surface area contributed by atoms with Crippen LogP contribution in [0.1, 0.15) is 44.0 Å². The largest absolute Gasteiger partial charge is 0.355 e. The molecule has 3 heterocycles. The summed E-state index contributed by atoms with van der Waals surface area (Å²) in [7, 11) is 0. The zero-order chi connectivity index (χ0) is 20.3.